The molecule has 3 heterocycles. The van der Waals surface area contributed by atoms with E-state index in [1.54, 1.807) is 12.4 Å². The smallest absolute Gasteiger partial charge is 0.165 e. The van der Waals surface area contributed by atoms with E-state index >= 15 is 0 Å². The maximum Gasteiger partial charge on any atom is 0.165 e. The van der Waals surface area contributed by atoms with Crippen LogP contribution in [0.15, 0.2) is 45.0 Å². The fourth-order valence-electron chi connectivity index (χ4n) is 2.71. The molecule has 4 nitrogen and oxygen atoms in total. The third-order valence-corrected chi connectivity index (χ3v) is 4.66. The van der Waals surface area contributed by atoms with Gasteiger partial charge in [0, 0.05) is 41.7 Å². The average Bonchev–Trinajstić information content (AvgIpc) is 2.54. The van der Waals surface area contributed by atoms with Gasteiger partial charge < -0.3 is 4.90 Å². The number of aromatic nitrogens is 2. The third-order valence-electron chi connectivity index (χ3n) is 3.90. The predicted octanol–water partition coefficient (Wildman–Crippen LogP) is 4.51. The number of hydrogen-bond donors (Lipinski definition) is 1. The summed E-state index contributed by atoms with van der Waals surface area (Å²) >= 11 is 7.74. The van der Waals surface area contributed by atoms with Crippen LogP contribution in [-0.2, 0) is 0 Å². The van der Waals surface area contributed by atoms with Gasteiger partial charge in [0.05, 0.1) is 4.90 Å². The summed E-state index contributed by atoms with van der Waals surface area (Å²) in [5, 5.41) is 0. The minimum absolute atomic E-state index is 0.602. The standard InChI is InChI=1S/C17H19BrN4S/c1-12-3-2-6-22(11-12)16-5-4-13(8-19-16)9-20-17-15(23)7-14(18)10-21-17/h4-5,7-10,12,23H,2-3,6,11H2,1H3/t12-/m1/s1. The van der Waals surface area contributed by atoms with Crippen molar-refractivity contribution in [3.63, 3.8) is 0 Å². The van der Waals surface area contributed by atoms with Crippen molar-refractivity contribution in [1.82, 2.24) is 9.97 Å². The van der Waals surface area contributed by atoms with Gasteiger partial charge in [-0.1, -0.05) is 6.92 Å². The Morgan fingerprint density at radius 1 is 1.35 bits per heavy atom. The number of thiol groups is 1. The largest absolute Gasteiger partial charge is 0.356 e. The van der Waals surface area contributed by atoms with E-state index in [0.717, 1.165) is 39.8 Å². The first kappa shape index (κ1) is 16.5. The number of halogens is 1. The highest BCUT2D eigenvalue weighted by molar-refractivity contribution is 9.10. The van der Waals surface area contributed by atoms with Crippen LogP contribution in [0, 0.1) is 5.92 Å². The van der Waals surface area contributed by atoms with Gasteiger partial charge in [-0.25, -0.2) is 15.0 Å². The Morgan fingerprint density at radius 2 is 2.22 bits per heavy atom. The average molecular weight is 391 g/mol. The van der Waals surface area contributed by atoms with Crippen LogP contribution >= 0.6 is 28.6 Å². The van der Waals surface area contributed by atoms with E-state index in [1.807, 2.05) is 18.3 Å². The van der Waals surface area contributed by atoms with Crippen molar-refractivity contribution in [2.45, 2.75) is 24.7 Å². The fraction of sp³-hybridized carbons (Fsp3) is 0.353. The molecule has 1 aliphatic heterocycles. The first-order chi connectivity index (χ1) is 11.1. The molecule has 0 aliphatic carbocycles. The van der Waals surface area contributed by atoms with Crippen molar-refractivity contribution < 1.29 is 0 Å². The zero-order valence-corrected chi connectivity index (χ0v) is 15.5. The monoisotopic (exact) mass is 390 g/mol. The molecule has 0 aromatic carbocycles. The second-order valence-electron chi connectivity index (χ2n) is 5.90. The predicted molar refractivity (Wildman–Crippen MR) is 101 cm³/mol. The van der Waals surface area contributed by atoms with Gasteiger partial charge in [-0.05, 0) is 52.9 Å². The van der Waals surface area contributed by atoms with E-state index in [2.05, 4.69) is 61.4 Å². The van der Waals surface area contributed by atoms with Crippen LogP contribution in [0.3, 0.4) is 0 Å². The lowest BCUT2D eigenvalue weighted by molar-refractivity contribution is 0.444. The van der Waals surface area contributed by atoms with Crippen LogP contribution in [0.4, 0.5) is 11.6 Å². The summed E-state index contributed by atoms with van der Waals surface area (Å²) in [5.74, 6) is 2.39. The number of rotatable bonds is 3. The summed E-state index contributed by atoms with van der Waals surface area (Å²) in [7, 11) is 0. The SMILES string of the molecule is C[C@@H]1CCCN(c2ccc(C=Nc3ncc(Br)cc3S)cn2)C1. The lowest BCUT2D eigenvalue weighted by Gasteiger charge is -2.31. The molecule has 1 fully saturated rings. The highest BCUT2D eigenvalue weighted by Crippen LogP contribution is 2.24. The topological polar surface area (TPSA) is 41.4 Å². The summed E-state index contributed by atoms with van der Waals surface area (Å²) in [6.45, 7) is 4.48. The highest BCUT2D eigenvalue weighted by atomic mass is 79.9. The molecule has 0 radical (unpaired) electrons. The molecule has 0 amide bonds. The van der Waals surface area contributed by atoms with Crippen LogP contribution in [0.5, 0.6) is 0 Å². The maximum atomic E-state index is 4.57. The van der Waals surface area contributed by atoms with E-state index in [0.29, 0.717) is 5.82 Å². The zero-order valence-electron chi connectivity index (χ0n) is 13.0. The summed E-state index contributed by atoms with van der Waals surface area (Å²) in [4.78, 5) is 16.3. The molecule has 0 saturated carbocycles. The molecule has 1 atom stereocenters. The molecule has 0 spiro atoms. The van der Waals surface area contributed by atoms with Gasteiger partial charge in [-0.3, -0.25) is 0 Å². The lowest BCUT2D eigenvalue weighted by Crippen LogP contribution is -2.34. The molecule has 1 aliphatic rings. The minimum Gasteiger partial charge on any atom is -0.356 e. The number of nitrogens with zero attached hydrogens (tertiary/aromatic N) is 4. The first-order valence-corrected chi connectivity index (χ1v) is 8.95. The Kier molecular flexibility index (Phi) is 5.33. The Hall–Kier alpha value is -1.40. The van der Waals surface area contributed by atoms with Crippen LogP contribution < -0.4 is 4.90 Å². The van der Waals surface area contributed by atoms with Gasteiger partial charge >= 0.3 is 0 Å². The third kappa shape index (κ3) is 4.32. The van der Waals surface area contributed by atoms with Crippen molar-refractivity contribution in [2.24, 2.45) is 10.9 Å². The summed E-state index contributed by atoms with van der Waals surface area (Å²) in [6.07, 6.45) is 7.89. The Morgan fingerprint density at radius 3 is 2.91 bits per heavy atom. The van der Waals surface area contributed by atoms with Gasteiger partial charge in [0.15, 0.2) is 5.82 Å². The summed E-state index contributed by atoms with van der Waals surface area (Å²) < 4.78 is 0.892. The molecule has 3 rings (SSSR count). The van der Waals surface area contributed by atoms with Gasteiger partial charge in [0.1, 0.15) is 5.82 Å². The summed E-state index contributed by atoms with van der Waals surface area (Å²) in [5.41, 5.74) is 0.955. The highest BCUT2D eigenvalue weighted by Gasteiger charge is 2.17. The molecule has 1 saturated heterocycles. The van der Waals surface area contributed by atoms with Gasteiger partial charge in [-0.2, -0.15) is 0 Å². The van der Waals surface area contributed by atoms with Crippen molar-refractivity contribution in [1.29, 1.82) is 0 Å². The van der Waals surface area contributed by atoms with E-state index in [-0.39, 0.29) is 0 Å². The van der Waals surface area contributed by atoms with Gasteiger partial charge in [0.25, 0.3) is 0 Å². The van der Waals surface area contributed by atoms with E-state index in [1.165, 1.54) is 12.8 Å². The van der Waals surface area contributed by atoms with Crippen LogP contribution in [0.25, 0.3) is 0 Å². The van der Waals surface area contributed by atoms with Gasteiger partial charge in [-0.15, -0.1) is 12.6 Å². The molecule has 0 unspecified atom stereocenters. The molecule has 2 aromatic heterocycles. The number of piperidine rings is 1. The number of pyridine rings is 2. The molecule has 120 valence electrons. The minimum atomic E-state index is 0.602. The maximum absolute atomic E-state index is 4.57. The Bertz CT molecular complexity index is 702. The van der Waals surface area contributed by atoms with Crippen molar-refractivity contribution in [2.75, 3.05) is 18.0 Å². The quantitative estimate of drug-likeness (QED) is 0.618. The molecule has 6 heteroatoms. The van der Waals surface area contributed by atoms with Crippen LogP contribution in [-0.4, -0.2) is 29.3 Å². The molecule has 23 heavy (non-hydrogen) atoms. The van der Waals surface area contributed by atoms with E-state index in [4.69, 9.17) is 0 Å². The zero-order chi connectivity index (χ0) is 16.2. The second-order valence-corrected chi connectivity index (χ2v) is 7.30. The van der Waals surface area contributed by atoms with Crippen LogP contribution in [0.1, 0.15) is 25.3 Å². The summed E-state index contributed by atoms with van der Waals surface area (Å²) in [6, 6.07) is 5.99. The molecule has 0 N–H and O–H groups in total. The van der Waals surface area contributed by atoms with E-state index < -0.39 is 0 Å². The molecule has 0 bridgehead atoms. The number of hydrogen-bond acceptors (Lipinski definition) is 5. The van der Waals surface area contributed by atoms with Crippen LogP contribution in [0.2, 0.25) is 0 Å². The van der Waals surface area contributed by atoms with E-state index in [9.17, 15) is 0 Å². The second kappa shape index (κ2) is 7.45. The Labute approximate surface area is 150 Å². The lowest BCUT2D eigenvalue weighted by atomic mass is 10.0. The molecular formula is C17H19BrN4S. The van der Waals surface area contributed by atoms with Crippen molar-refractivity contribution in [3.05, 3.63) is 40.6 Å². The fourth-order valence-corrected chi connectivity index (χ4v) is 3.48. The number of anilines is 1. The Balaban J connectivity index is 1.70. The first-order valence-electron chi connectivity index (χ1n) is 7.71. The van der Waals surface area contributed by atoms with Crippen molar-refractivity contribution in [3.8, 4) is 0 Å². The molecular weight excluding hydrogens is 372 g/mol. The molecule has 2 aromatic rings. The van der Waals surface area contributed by atoms with Crippen molar-refractivity contribution >= 4 is 46.4 Å². The normalized spacial score (nSPS) is 18.6. The number of aliphatic imine (C=N–C) groups is 1. The van der Waals surface area contributed by atoms with Gasteiger partial charge in [0.2, 0.25) is 0 Å².